The second-order valence-corrected chi connectivity index (χ2v) is 7.70. The van der Waals surface area contributed by atoms with Crippen LogP contribution >= 0.6 is 0 Å². The number of amides is 2. The number of rotatable bonds is 5. The van der Waals surface area contributed by atoms with Crippen LogP contribution in [0.1, 0.15) is 13.3 Å². The summed E-state index contributed by atoms with van der Waals surface area (Å²) in [5, 5.41) is 2.68. The molecule has 7 nitrogen and oxygen atoms in total. The number of nitrogens with zero attached hydrogens (tertiary/aromatic N) is 1. The molecule has 1 fully saturated rings. The van der Waals surface area contributed by atoms with Crippen molar-refractivity contribution in [2.45, 2.75) is 19.4 Å². The van der Waals surface area contributed by atoms with Gasteiger partial charge >= 0.3 is 0 Å². The first kappa shape index (κ1) is 17.3. The standard InChI is InChI=1S/C15H20N2O5S/c1-11(18)17(13-3-5-14(22-2)6-4-13)9-15(19)16-12-7-8-23(20,21)10-12/h3-6,12H,7-10H2,1-2H3,(H,16,19). The molecule has 0 bridgehead atoms. The van der Waals surface area contributed by atoms with Crippen molar-refractivity contribution >= 4 is 27.3 Å². The number of methoxy groups -OCH3 is 1. The van der Waals surface area contributed by atoms with E-state index < -0.39 is 9.84 Å². The van der Waals surface area contributed by atoms with E-state index in [1.165, 1.54) is 11.8 Å². The summed E-state index contributed by atoms with van der Waals surface area (Å²) < 4.78 is 27.9. The van der Waals surface area contributed by atoms with E-state index in [0.717, 1.165) is 0 Å². The zero-order valence-corrected chi connectivity index (χ0v) is 13.9. The van der Waals surface area contributed by atoms with Crippen molar-refractivity contribution in [3.05, 3.63) is 24.3 Å². The first-order valence-corrected chi connectivity index (χ1v) is 9.05. The van der Waals surface area contributed by atoms with Crippen LogP contribution in [0.15, 0.2) is 24.3 Å². The molecule has 2 rings (SSSR count). The van der Waals surface area contributed by atoms with E-state index in [1.54, 1.807) is 31.4 Å². The SMILES string of the molecule is COc1ccc(N(CC(=O)NC2CCS(=O)(=O)C2)C(C)=O)cc1. The van der Waals surface area contributed by atoms with Gasteiger partial charge in [-0.25, -0.2) is 8.42 Å². The highest BCUT2D eigenvalue weighted by molar-refractivity contribution is 7.91. The number of hydrogen-bond donors (Lipinski definition) is 1. The lowest BCUT2D eigenvalue weighted by atomic mass is 10.2. The number of carbonyl (C=O) groups is 2. The quantitative estimate of drug-likeness (QED) is 0.835. The summed E-state index contributed by atoms with van der Waals surface area (Å²) in [4.78, 5) is 25.2. The molecule has 0 aliphatic carbocycles. The molecule has 0 radical (unpaired) electrons. The van der Waals surface area contributed by atoms with E-state index >= 15 is 0 Å². The molecule has 1 aliphatic rings. The summed E-state index contributed by atoms with van der Waals surface area (Å²) in [6.07, 6.45) is 0.413. The number of carbonyl (C=O) groups excluding carboxylic acids is 2. The van der Waals surface area contributed by atoms with Crippen LogP contribution in [0.2, 0.25) is 0 Å². The third-order valence-electron chi connectivity index (χ3n) is 3.66. The Morgan fingerprint density at radius 1 is 1.30 bits per heavy atom. The normalized spacial score (nSPS) is 19.1. The molecule has 1 aromatic carbocycles. The summed E-state index contributed by atoms with van der Waals surface area (Å²) >= 11 is 0. The number of hydrogen-bond acceptors (Lipinski definition) is 5. The molecule has 1 heterocycles. The molecule has 0 saturated carbocycles. The van der Waals surface area contributed by atoms with E-state index in [9.17, 15) is 18.0 Å². The molecule has 0 aromatic heterocycles. The van der Waals surface area contributed by atoms with E-state index in [4.69, 9.17) is 4.74 Å². The molecule has 23 heavy (non-hydrogen) atoms. The Morgan fingerprint density at radius 3 is 2.43 bits per heavy atom. The lowest BCUT2D eigenvalue weighted by Crippen LogP contribution is -2.44. The lowest BCUT2D eigenvalue weighted by Gasteiger charge is -2.22. The van der Waals surface area contributed by atoms with Gasteiger partial charge in [-0.3, -0.25) is 9.59 Å². The second-order valence-electron chi connectivity index (χ2n) is 5.47. The molecular weight excluding hydrogens is 320 g/mol. The van der Waals surface area contributed by atoms with Crippen molar-refractivity contribution in [1.82, 2.24) is 5.32 Å². The molecule has 126 valence electrons. The molecule has 1 atom stereocenters. The van der Waals surface area contributed by atoms with Gasteiger partial charge < -0.3 is 15.0 Å². The minimum absolute atomic E-state index is 0.0403. The highest BCUT2D eigenvalue weighted by atomic mass is 32.2. The van der Waals surface area contributed by atoms with Crippen LogP contribution in [0, 0.1) is 0 Å². The number of sulfone groups is 1. The smallest absolute Gasteiger partial charge is 0.240 e. The van der Waals surface area contributed by atoms with Gasteiger partial charge in [-0.15, -0.1) is 0 Å². The van der Waals surface area contributed by atoms with E-state index in [2.05, 4.69) is 5.32 Å². The topological polar surface area (TPSA) is 92.8 Å². The molecule has 1 unspecified atom stereocenters. The molecule has 1 aromatic rings. The van der Waals surface area contributed by atoms with Crippen LogP contribution in [-0.4, -0.2) is 51.4 Å². The van der Waals surface area contributed by atoms with Crippen LogP contribution in [0.4, 0.5) is 5.69 Å². The van der Waals surface area contributed by atoms with Crippen LogP contribution in [-0.2, 0) is 19.4 Å². The fourth-order valence-corrected chi connectivity index (χ4v) is 4.15. The Balaban J connectivity index is 2.01. The van der Waals surface area contributed by atoms with Crippen molar-refractivity contribution in [1.29, 1.82) is 0 Å². The molecule has 1 aliphatic heterocycles. The summed E-state index contributed by atoms with van der Waals surface area (Å²) in [5.41, 5.74) is 0.576. The number of ether oxygens (including phenoxy) is 1. The summed E-state index contributed by atoms with van der Waals surface area (Å²) in [6, 6.07) is 6.40. The average molecular weight is 340 g/mol. The third-order valence-corrected chi connectivity index (χ3v) is 5.43. The fourth-order valence-electron chi connectivity index (χ4n) is 2.47. The van der Waals surface area contributed by atoms with Gasteiger partial charge in [-0.2, -0.15) is 0 Å². The van der Waals surface area contributed by atoms with Crippen molar-refractivity contribution in [3.8, 4) is 5.75 Å². The zero-order valence-electron chi connectivity index (χ0n) is 13.1. The Morgan fingerprint density at radius 2 is 1.96 bits per heavy atom. The van der Waals surface area contributed by atoms with Gasteiger partial charge in [0.15, 0.2) is 9.84 Å². The maximum absolute atomic E-state index is 12.1. The van der Waals surface area contributed by atoms with E-state index in [1.807, 2.05) is 0 Å². The fraction of sp³-hybridized carbons (Fsp3) is 0.467. The van der Waals surface area contributed by atoms with Gasteiger partial charge in [0.1, 0.15) is 12.3 Å². The average Bonchev–Trinajstić information content (AvgIpc) is 2.83. The Kier molecular flexibility index (Phi) is 5.25. The van der Waals surface area contributed by atoms with Crippen LogP contribution in [0.3, 0.4) is 0 Å². The van der Waals surface area contributed by atoms with Gasteiger partial charge in [-0.1, -0.05) is 0 Å². The molecule has 8 heteroatoms. The lowest BCUT2D eigenvalue weighted by molar-refractivity contribution is -0.123. The summed E-state index contributed by atoms with van der Waals surface area (Å²) in [7, 11) is -1.51. The first-order chi connectivity index (χ1) is 10.8. The van der Waals surface area contributed by atoms with Gasteiger partial charge in [0, 0.05) is 18.7 Å². The van der Waals surface area contributed by atoms with Crippen molar-refractivity contribution < 1.29 is 22.7 Å². The Bertz CT molecular complexity index is 684. The van der Waals surface area contributed by atoms with Crippen molar-refractivity contribution in [2.24, 2.45) is 0 Å². The Labute approximate surface area is 135 Å². The van der Waals surface area contributed by atoms with Gasteiger partial charge in [0.25, 0.3) is 0 Å². The summed E-state index contributed by atoms with van der Waals surface area (Å²) in [6.45, 7) is 1.22. The van der Waals surface area contributed by atoms with Gasteiger partial charge in [0.05, 0.1) is 18.6 Å². The van der Waals surface area contributed by atoms with Crippen LogP contribution in [0.5, 0.6) is 5.75 Å². The molecular formula is C15H20N2O5S. The highest BCUT2D eigenvalue weighted by Gasteiger charge is 2.29. The van der Waals surface area contributed by atoms with Crippen LogP contribution < -0.4 is 15.0 Å². The summed E-state index contributed by atoms with van der Waals surface area (Å²) in [5.74, 6) is 0.0501. The number of anilines is 1. The van der Waals surface area contributed by atoms with Crippen LogP contribution in [0.25, 0.3) is 0 Å². The predicted molar refractivity (Wildman–Crippen MR) is 86.2 cm³/mol. The van der Waals surface area contributed by atoms with Gasteiger partial charge in [-0.05, 0) is 30.7 Å². The maximum Gasteiger partial charge on any atom is 0.240 e. The maximum atomic E-state index is 12.1. The monoisotopic (exact) mass is 340 g/mol. The number of nitrogens with one attached hydrogen (secondary N) is 1. The zero-order chi connectivity index (χ0) is 17.0. The number of benzene rings is 1. The minimum atomic E-state index is -3.05. The third kappa shape index (κ3) is 4.69. The molecule has 0 spiro atoms. The van der Waals surface area contributed by atoms with Crippen molar-refractivity contribution in [2.75, 3.05) is 30.1 Å². The molecule has 1 N–H and O–H groups in total. The van der Waals surface area contributed by atoms with E-state index in [0.29, 0.717) is 17.9 Å². The largest absolute Gasteiger partial charge is 0.497 e. The molecule has 2 amide bonds. The Hall–Kier alpha value is -2.09. The van der Waals surface area contributed by atoms with Gasteiger partial charge in [0.2, 0.25) is 11.8 Å². The second kappa shape index (κ2) is 6.99. The van der Waals surface area contributed by atoms with Crippen molar-refractivity contribution in [3.63, 3.8) is 0 Å². The minimum Gasteiger partial charge on any atom is -0.497 e. The van der Waals surface area contributed by atoms with E-state index in [-0.39, 0.29) is 35.9 Å². The first-order valence-electron chi connectivity index (χ1n) is 7.22. The highest BCUT2D eigenvalue weighted by Crippen LogP contribution is 2.19. The predicted octanol–water partition coefficient (Wildman–Crippen LogP) is 0.351. The molecule has 1 saturated heterocycles.